The molecule has 0 radical (unpaired) electrons. The molecule has 2 aliphatic carbocycles. The van der Waals surface area contributed by atoms with Crippen molar-refractivity contribution >= 4 is 57.2 Å². The van der Waals surface area contributed by atoms with Crippen LogP contribution in [0.3, 0.4) is 0 Å². The van der Waals surface area contributed by atoms with Crippen LogP contribution in [0.2, 0.25) is 0 Å². The lowest BCUT2D eigenvalue weighted by molar-refractivity contribution is 0.402. The fraction of sp³-hybridized carbons (Fsp3) is 0.429. The predicted octanol–water partition coefficient (Wildman–Crippen LogP) is 15.6. The summed E-state index contributed by atoms with van der Waals surface area (Å²) in [6.45, 7) is 43.5. The van der Waals surface area contributed by atoms with Gasteiger partial charge in [0.2, 0.25) is 0 Å². The summed E-state index contributed by atoms with van der Waals surface area (Å²) >= 11 is 0. The van der Waals surface area contributed by atoms with Gasteiger partial charge in [0.25, 0.3) is 6.71 Å². The Kier molecular flexibility index (Phi) is 9.52. The number of anilines is 6. The third-order valence-corrected chi connectivity index (χ3v) is 16.4. The summed E-state index contributed by atoms with van der Waals surface area (Å²) in [4.78, 5) is 5.42. The minimum atomic E-state index is -0.115. The molecule has 0 saturated carbocycles. The maximum absolute atomic E-state index is 2.72. The third-order valence-electron chi connectivity index (χ3n) is 16.4. The largest absolute Gasteiger partial charge is 0.311 e. The predicted molar refractivity (Wildman–Crippen MR) is 288 cm³/mol. The monoisotopic (exact) mass is 871 g/mol. The molecule has 0 bridgehead atoms. The molecule has 0 amide bonds. The van der Waals surface area contributed by atoms with Gasteiger partial charge < -0.3 is 9.80 Å². The SMILES string of the molecule is Cc1cc2c(cc1N1c3ccc(C(C)(C)C)cc3B3c4cc5c(cc4N(c4ccc(C(C)(C)C)cc4-c4ccccc4)c4cc(C(C)(C)C)cc1c43)C(C)(C)CC5(C)C)C(C)(C)CC2(C)C. The van der Waals surface area contributed by atoms with Crippen molar-refractivity contribution in [2.24, 2.45) is 0 Å². The van der Waals surface area contributed by atoms with E-state index in [1.54, 1.807) is 0 Å². The Morgan fingerprint density at radius 3 is 1.38 bits per heavy atom. The maximum atomic E-state index is 2.72. The molecule has 0 fully saturated rings. The lowest BCUT2D eigenvalue weighted by Gasteiger charge is -2.46. The van der Waals surface area contributed by atoms with Crippen LogP contribution in [0.4, 0.5) is 34.1 Å². The third kappa shape index (κ3) is 6.78. The first-order valence-corrected chi connectivity index (χ1v) is 25.0. The molecular weight excluding hydrogens is 796 g/mol. The zero-order valence-electron chi connectivity index (χ0n) is 43.7. The Morgan fingerprint density at radius 1 is 0.409 bits per heavy atom. The molecule has 0 atom stereocenters. The van der Waals surface area contributed by atoms with E-state index in [2.05, 4.69) is 238 Å². The van der Waals surface area contributed by atoms with Crippen molar-refractivity contribution in [2.75, 3.05) is 9.80 Å². The Balaban J connectivity index is 1.38. The van der Waals surface area contributed by atoms with Crippen LogP contribution in [0.1, 0.15) is 175 Å². The van der Waals surface area contributed by atoms with Gasteiger partial charge in [0.05, 0.1) is 5.69 Å². The molecule has 340 valence electrons. The molecule has 0 aromatic heterocycles. The first-order valence-electron chi connectivity index (χ1n) is 25.0. The van der Waals surface area contributed by atoms with Gasteiger partial charge in [0.15, 0.2) is 0 Å². The molecule has 6 aromatic carbocycles. The van der Waals surface area contributed by atoms with Crippen LogP contribution in [0, 0.1) is 6.92 Å². The fourth-order valence-electron chi connectivity index (χ4n) is 13.3. The van der Waals surface area contributed by atoms with Gasteiger partial charge in [-0.1, -0.05) is 178 Å². The van der Waals surface area contributed by atoms with Crippen molar-refractivity contribution < 1.29 is 0 Å². The Bertz CT molecular complexity index is 2990. The molecule has 2 nitrogen and oxygen atoms in total. The number of hydrogen-bond donors (Lipinski definition) is 0. The molecule has 3 heteroatoms. The molecule has 0 N–H and O–H groups in total. The van der Waals surface area contributed by atoms with Gasteiger partial charge in [-0.25, -0.2) is 0 Å². The lowest BCUT2D eigenvalue weighted by atomic mass is 9.33. The summed E-state index contributed by atoms with van der Waals surface area (Å²) in [5.41, 5.74) is 26.0. The van der Waals surface area contributed by atoms with Gasteiger partial charge in [-0.05, 0) is 167 Å². The molecule has 0 saturated heterocycles. The first kappa shape index (κ1) is 44.8. The van der Waals surface area contributed by atoms with E-state index in [1.807, 2.05) is 0 Å². The first-order chi connectivity index (χ1) is 30.5. The van der Waals surface area contributed by atoms with E-state index in [1.165, 1.54) is 106 Å². The van der Waals surface area contributed by atoms with Gasteiger partial charge in [0.1, 0.15) is 0 Å². The topological polar surface area (TPSA) is 6.48 Å². The number of benzene rings is 6. The molecule has 6 aromatic rings. The molecular formula is C63H75BN2. The minimum Gasteiger partial charge on any atom is -0.311 e. The smallest absolute Gasteiger partial charge is 0.252 e. The average Bonchev–Trinajstić information content (AvgIpc) is 3.51. The molecule has 66 heavy (non-hydrogen) atoms. The highest BCUT2D eigenvalue weighted by Gasteiger charge is 2.50. The second-order valence-corrected chi connectivity index (χ2v) is 26.7. The summed E-state index contributed by atoms with van der Waals surface area (Å²) in [5.74, 6) is 0. The standard InChI is InChI=1S/C63H75BN2/c1-38-28-44-46(62(15,16)36-60(44,11)12)34-52(38)66-51-27-25-41(58(5,6)7)30-48(51)64-49-33-45-47(63(17,18)37-61(45,13)14)35-53(49)65(54-31-42(59(8,9)10)32-55(66)56(54)64)50-26-24-40(57(2,3)4)29-43(50)39-22-20-19-21-23-39/h19-35H,36-37H2,1-18H3. The van der Waals surface area contributed by atoms with Crippen LogP contribution < -0.4 is 26.2 Å². The summed E-state index contributed by atoms with van der Waals surface area (Å²) < 4.78 is 0. The average molecular weight is 871 g/mol. The van der Waals surface area contributed by atoms with Gasteiger partial charge in [-0.15, -0.1) is 0 Å². The maximum Gasteiger partial charge on any atom is 0.252 e. The van der Waals surface area contributed by atoms with Gasteiger partial charge >= 0.3 is 0 Å². The molecule has 2 heterocycles. The number of rotatable bonds is 3. The zero-order chi connectivity index (χ0) is 47.6. The highest BCUT2D eigenvalue weighted by molar-refractivity contribution is 7.00. The van der Waals surface area contributed by atoms with Crippen LogP contribution in [0.15, 0.2) is 103 Å². The fourth-order valence-corrected chi connectivity index (χ4v) is 13.3. The Labute approximate surface area is 399 Å². The number of hydrogen-bond acceptors (Lipinski definition) is 2. The van der Waals surface area contributed by atoms with Crippen LogP contribution in [0.25, 0.3) is 11.1 Å². The van der Waals surface area contributed by atoms with Crippen molar-refractivity contribution in [3.63, 3.8) is 0 Å². The van der Waals surface area contributed by atoms with Crippen LogP contribution in [-0.4, -0.2) is 6.71 Å². The molecule has 10 rings (SSSR count). The van der Waals surface area contributed by atoms with Crippen LogP contribution in [0.5, 0.6) is 0 Å². The summed E-state index contributed by atoms with van der Waals surface area (Å²) in [6, 6.07) is 41.7. The van der Waals surface area contributed by atoms with Crippen molar-refractivity contribution in [1.82, 2.24) is 0 Å². The lowest BCUT2D eigenvalue weighted by Crippen LogP contribution is -2.62. The number of nitrogens with zero attached hydrogens (tertiary/aromatic N) is 2. The molecule has 2 aliphatic heterocycles. The number of fused-ring (bicyclic) bond motifs is 6. The highest BCUT2D eigenvalue weighted by Crippen LogP contribution is 2.56. The van der Waals surface area contributed by atoms with Gasteiger partial charge in [0, 0.05) is 34.0 Å². The zero-order valence-corrected chi connectivity index (χ0v) is 43.7. The van der Waals surface area contributed by atoms with E-state index >= 15 is 0 Å². The Morgan fingerprint density at radius 2 is 0.848 bits per heavy atom. The Hall–Kier alpha value is -5.02. The molecule has 0 spiro atoms. The van der Waals surface area contributed by atoms with Crippen LogP contribution in [-0.2, 0) is 37.9 Å². The van der Waals surface area contributed by atoms with Crippen LogP contribution >= 0.6 is 0 Å². The van der Waals surface area contributed by atoms with E-state index in [-0.39, 0.29) is 44.6 Å². The van der Waals surface area contributed by atoms with Crippen molar-refractivity contribution in [2.45, 2.75) is 175 Å². The minimum absolute atomic E-state index is 0.0127. The van der Waals surface area contributed by atoms with E-state index in [0.717, 1.165) is 12.8 Å². The summed E-state index contributed by atoms with van der Waals surface area (Å²) in [6.07, 6.45) is 2.26. The molecule has 4 aliphatic rings. The normalized spacial score (nSPS) is 18.4. The van der Waals surface area contributed by atoms with E-state index in [9.17, 15) is 0 Å². The second-order valence-electron chi connectivity index (χ2n) is 26.7. The van der Waals surface area contributed by atoms with Crippen molar-refractivity contribution in [3.05, 3.63) is 148 Å². The highest BCUT2D eigenvalue weighted by atomic mass is 15.2. The van der Waals surface area contributed by atoms with Crippen molar-refractivity contribution in [1.29, 1.82) is 0 Å². The van der Waals surface area contributed by atoms with E-state index in [4.69, 9.17) is 0 Å². The molecule has 0 unspecified atom stereocenters. The summed E-state index contributed by atoms with van der Waals surface area (Å²) in [5, 5.41) is 0. The number of aryl methyl sites for hydroxylation is 1. The quantitative estimate of drug-likeness (QED) is 0.163. The van der Waals surface area contributed by atoms with E-state index < -0.39 is 0 Å². The van der Waals surface area contributed by atoms with E-state index in [0.29, 0.717) is 0 Å². The van der Waals surface area contributed by atoms with Gasteiger partial charge in [-0.3, -0.25) is 0 Å². The summed E-state index contributed by atoms with van der Waals surface area (Å²) in [7, 11) is 0. The van der Waals surface area contributed by atoms with Gasteiger partial charge in [-0.2, -0.15) is 0 Å². The van der Waals surface area contributed by atoms with Crippen molar-refractivity contribution in [3.8, 4) is 11.1 Å². The second kappa shape index (κ2) is 14.0.